The average Bonchev–Trinajstić information content (AvgIpc) is 3.00. The van der Waals surface area contributed by atoms with Crippen molar-refractivity contribution >= 4 is 22.4 Å². The molecule has 1 heterocycles. The minimum Gasteiger partial charge on any atom is -0.466 e. The molecule has 0 unspecified atom stereocenters. The zero-order valence-corrected chi connectivity index (χ0v) is 12.5. The van der Waals surface area contributed by atoms with E-state index in [1.807, 2.05) is 12.3 Å². The number of esters is 1. The van der Waals surface area contributed by atoms with Crippen LogP contribution in [-0.2, 0) is 16.0 Å². The van der Waals surface area contributed by atoms with E-state index >= 15 is 0 Å². The molecule has 0 amide bonds. The fraction of sp³-hybridized carbons (Fsp3) is 0.714. The van der Waals surface area contributed by atoms with E-state index < -0.39 is 0 Å². The number of ether oxygens (including phenoxy) is 1. The molecular weight excluding hydrogens is 260 g/mol. The number of carbonyl (C=O) groups excluding carboxylic acids is 1. The zero-order chi connectivity index (χ0) is 13.7. The minimum absolute atomic E-state index is 0.196. The number of hydrogen-bond donors (Lipinski definition) is 0. The first-order chi connectivity index (χ1) is 9.19. The summed E-state index contributed by atoms with van der Waals surface area (Å²) in [5.41, 5.74) is 0.816. The van der Waals surface area contributed by atoms with Crippen LogP contribution in [-0.4, -0.2) is 31.2 Å². The van der Waals surface area contributed by atoms with Gasteiger partial charge in [0.25, 0.3) is 0 Å². The highest BCUT2D eigenvalue weighted by Crippen LogP contribution is 2.28. The summed E-state index contributed by atoms with van der Waals surface area (Å²) < 4.78 is 4.94. The summed E-state index contributed by atoms with van der Waals surface area (Å²) in [5.74, 6) is 0.611. The van der Waals surface area contributed by atoms with Crippen molar-refractivity contribution < 1.29 is 9.53 Å². The Balaban J connectivity index is 1.86. The van der Waals surface area contributed by atoms with Crippen LogP contribution < -0.4 is 4.90 Å². The number of aromatic nitrogens is 1. The summed E-state index contributed by atoms with van der Waals surface area (Å²) in [4.78, 5) is 18.1. The van der Waals surface area contributed by atoms with Gasteiger partial charge in [-0.15, -0.1) is 11.3 Å². The van der Waals surface area contributed by atoms with Crippen LogP contribution in [0, 0.1) is 5.92 Å². The molecule has 1 aliphatic rings. The molecule has 0 saturated heterocycles. The molecule has 1 fully saturated rings. The van der Waals surface area contributed by atoms with Gasteiger partial charge in [0.15, 0.2) is 5.13 Å². The molecular formula is C14H22N2O2S. The molecule has 1 aromatic rings. The van der Waals surface area contributed by atoms with Crippen LogP contribution in [0.5, 0.6) is 0 Å². The fourth-order valence-corrected chi connectivity index (χ4v) is 3.37. The van der Waals surface area contributed by atoms with Gasteiger partial charge in [-0.25, -0.2) is 4.98 Å². The van der Waals surface area contributed by atoms with Crippen molar-refractivity contribution in [3.05, 3.63) is 11.1 Å². The summed E-state index contributed by atoms with van der Waals surface area (Å²) in [5, 5.41) is 2.96. The molecule has 106 valence electrons. The lowest BCUT2D eigenvalue weighted by Gasteiger charge is -2.19. The molecule has 19 heavy (non-hydrogen) atoms. The predicted molar refractivity (Wildman–Crippen MR) is 77.7 cm³/mol. The lowest BCUT2D eigenvalue weighted by atomic mass is 10.1. The number of nitrogens with zero attached hydrogens (tertiary/aromatic N) is 2. The van der Waals surface area contributed by atoms with E-state index in [0.717, 1.165) is 23.3 Å². The smallest absolute Gasteiger partial charge is 0.311 e. The van der Waals surface area contributed by atoms with E-state index in [-0.39, 0.29) is 12.4 Å². The third kappa shape index (κ3) is 4.20. The first-order valence-electron chi connectivity index (χ1n) is 7.00. The van der Waals surface area contributed by atoms with E-state index in [4.69, 9.17) is 4.74 Å². The third-order valence-corrected chi connectivity index (χ3v) is 4.51. The van der Waals surface area contributed by atoms with Crippen molar-refractivity contribution in [1.29, 1.82) is 0 Å². The Morgan fingerprint density at radius 3 is 2.95 bits per heavy atom. The molecule has 1 aliphatic carbocycles. The summed E-state index contributed by atoms with van der Waals surface area (Å²) in [7, 11) is 2.09. The van der Waals surface area contributed by atoms with Crippen molar-refractivity contribution in [2.45, 2.75) is 39.0 Å². The van der Waals surface area contributed by atoms with E-state index in [1.165, 1.54) is 25.7 Å². The van der Waals surface area contributed by atoms with Gasteiger partial charge < -0.3 is 9.64 Å². The van der Waals surface area contributed by atoms with Crippen molar-refractivity contribution in [2.24, 2.45) is 5.92 Å². The third-order valence-electron chi connectivity index (χ3n) is 3.50. The molecule has 0 aliphatic heterocycles. The second kappa shape index (κ2) is 6.89. The van der Waals surface area contributed by atoms with Crippen molar-refractivity contribution in [3.8, 4) is 0 Å². The van der Waals surface area contributed by atoms with Crippen LogP contribution in [0.25, 0.3) is 0 Å². The van der Waals surface area contributed by atoms with E-state index in [1.54, 1.807) is 11.3 Å². The normalized spacial score (nSPS) is 15.7. The first kappa shape index (κ1) is 14.3. The highest BCUT2D eigenvalue weighted by molar-refractivity contribution is 7.13. The summed E-state index contributed by atoms with van der Waals surface area (Å²) in [6.07, 6.45) is 5.69. The summed E-state index contributed by atoms with van der Waals surface area (Å²) in [6, 6.07) is 0. The second-order valence-electron chi connectivity index (χ2n) is 5.13. The van der Waals surface area contributed by atoms with Gasteiger partial charge in [-0.3, -0.25) is 4.79 Å². The maximum atomic E-state index is 11.4. The zero-order valence-electron chi connectivity index (χ0n) is 11.7. The van der Waals surface area contributed by atoms with Gasteiger partial charge in [-0.2, -0.15) is 0 Å². The van der Waals surface area contributed by atoms with Crippen molar-refractivity contribution in [2.75, 3.05) is 25.1 Å². The number of anilines is 1. The number of rotatable bonds is 6. The lowest BCUT2D eigenvalue weighted by molar-refractivity contribution is -0.142. The minimum atomic E-state index is -0.196. The Kier molecular flexibility index (Phi) is 5.19. The molecule has 2 rings (SSSR count). The molecule has 5 heteroatoms. The molecule has 0 atom stereocenters. The van der Waals surface area contributed by atoms with Crippen molar-refractivity contribution in [3.63, 3.8) is 0 Å². The molecule has 1 saturated carbocycles. The van der Waals surface area contributed by atoms with Crippen LogP contribution in [0.1, 0.15) is 38.3 Å². The Hall–Kier alpha value is -1.10. The number of thiazole rings is 1. The molecule has 0 N–H and O–H groups in total. The van der Waals surface area contributed by atoms with E-state index in [0.29, 0.717) is 6.61 Å². The van der Waals surface area contributed by atoms with Crippen LogP contribution in [0.4, 0.5) is 5.13 Å². The van der Waals surface area contributed by atoms with Gasteiger partial charge in [0, 0.05) is 19.0 Å². The Morgan fingerprint density at radius 1 is 1.53 bits per heavy atom. The van der Waals surface area contributed by atoms with Gasteiger partial charge in [0.1, 0.15) is 0 Å². The highest BCUT2D eigenvalue weighted by Gasteiger charge is 2.18. The number of hydrogen-bond acceptors (Lipinski definition) is 5. The Bertz CT molecular complexity index is 413. The topological polar surface area (TPSA) is 42.4 Å². The fourth-order valence-electron chi connectivity index (χ4n) is 2.57. The van der Waals surface area contributed by atoms with E-state index in [9.17, 15) is 4.79 Å². The van der Waals surface area contributed by atoms with Crippen LogP contribution >= 0.6 is 11.3 Å². The van der Waals surface area contributed by atoms with Gasteiger partial charge in [0.2, 0.25) is 0 Å². The average molecular weight is 282 g/mol. The summed E-state index contributed by atoms with van der Waals surface area (Å²) >= 11 is 1.61. The van der Waals surface area contributed by atoms with Gasteiger partial charge in [-0.05, 0) is 25.7 Å². The van der Waals surface area contributed by atoms with Gasteiger partial charge in [0.05, 0.1) is 18.7 Å². The highest BCUT2D eigenvalue weighted by atomic mass is 32.1. The van der Waals surface area contributed by atoms with Crippen LogP contribution in [0.3, 0.4) is 0 Å². The Labute approximate surface area is 118 Å². The van der Waals surface area contributed by atoms with Crippen molar-refractivity contribution in [1.82, 2.24) is 4.98 Å². The second-order valence-corrected chi connectivity index (χ2v) is 5.97. The molecule has 0 bridgehead atoms. The molecule has 0 radical (unpaired) electrons. The molecule has 1 aromatic heterocycles. The largest absolute Gasteiger partial charge is 0.466 e. The number of carbonyl (C=O) groups is 1. The van der Waals surface area contributed by atoms with Crippen LogP contribution in [0.15, 0.2) is 5.38 Å². The van der Waals surface area contributed by atoms with Crippen LogP contribution in [0.2, 0.25) is 0 Å². The maximum absolute atomic E-state index is 11.4. The predicted octanol–water partition coefficient (Wildman–Crippen LogP) is 2.88. The quantitative estimate of drug-likeness (QED) is 0.752. The SMILES string of the molecule is CCOC(=O)Cc1csc(N(C)CC2CCCC2)n1. The maximum Gasteiger partial charge on any atom is 0.311 e. The molecule has 0 aromatic carbocycles. The first-order valence-corrected chi connectivity index (χ1v) is 7.88. The monoisotopic (exact) mass is 282 g/mol. The standard InChI is InChI=1S/C14H22N2O2S/c1-3-18-13(17)8-12-10-19-14(15-12)16(2)9-11-6-4-5-7-11/h10-11H,3-9H2,1-2H3. The summed E-state index contributed by atoms with van der Waals surface area (Å²) in [6.45, 7) is 3.32. The molecule has 4 nitrogen and oxygen atoms in total. The molecule has 0 spiro atoms. The van der Waals surface area contributed by atoms with Gasteiger partial charge in [-0.1, -0.05) is 12.8 Å². The Morgan fingerprint density at radius 2 is 2.26 bits per heavy atom. The lowest BCUT2D eigenvalue weighted by Crippen LogP contribution is -2.23. The van der Waals surface area contributed by atoms with Gasteiger partial charge >= 0.3 is 5.97 Å². The van der Waals surface area contributed by atoms with E-state index in [2.05, 4.69) is 16.9 Å².